The lowest BCUT2D eigenvalue weighted by atomic mass is 10.0. The van der Waals surface area contributed by atoms with E-state index in [4.69, 9.17) is 5.26 Å². The number of nitriles is 1. The van der Waals surface area contributed by atoms with Crippen molar-refractivity contribution in [2.45, 2.75) is 31.7 Å². The molecule has 2 heterocycles. The van der Waals surface area contributed by atoms with Crippen molar-refractivity contribution in [3.63, 3.8) is 0 Å². The molecule has 0 N–H and O–H groups in total. The lowest BCUT2D eigenvalue weighted by Gasteiger charge is -2.32. The van der Waals surface area contributed by atoms with E-state index in [1.54, 1.807) is 30.5 Å². The Labute approximate surface area is 185 Å². The summed E-state index contributed by atoms with van der Waals surface area (Å²) in [5.41, 5.74) is 1.94. The summed E-state index contributed by atoms with van der Waals surface area (Å²) in [6.45, 7) is 2.42. The number of hydrogen-bond donors (Lipinski definition) is 0. The van der Waals surface area contributed by atoms with Crippen molar-refractivity contribution in [2.75, 3.05) is 18.0 Å². The highest BCUT2D eigenvalue weighted by Gasteiger charge is 2.35. The monoisotopic (exact) mass is 436 g/mol. The molecule has 0 bridgehead atoms. The Balaban J connectivity index is 1.60. The molecule has 1 atom stereocenters. The molecule has 0 aliphatic carbocycles. The van der Waals surface area contributed by atoms with E-state index in [9.17, 15) is 13.2 Å². The Morgan fingerprint density at radius 3 is 2.47 bits per heavy atom. The number of pyridine rings is 1. The minimum absolute atomic E-state index is 0.0490. The summed E-state index contributed by atoms with van der Waals surface area (Å²) in [4.78, 5) is 8.69. The van der Waals surface area contributed by atoms with Gasteiger partial charge in [0.2, 0.25) is 0 Å². The Morgan fingerprint density at radius 1 is 1.03 bits per heavy atom. The van der Waals surface area contributed by atoms with Gasteiger partial charge in [-0.2, -0.15) is 18.4 Å². The zero-order valence-corrected chi connectivity index (χ0v) is 17.5. The second-order valence-corrected chi connectivity index (χ2v) is 7.94. The highest BCUT2D eigenvalue weighted by molar-refractivity contribution is 5.52. The fourth-order valence-corrected chi connectivity index (χ4v) is 4.21. The lowest BCUT2D eigenvalue weighted by molar-refractivity contribution is -0.138. The van der Waals surface area contributed by atoms with Gasteiger partial charge in [-0.3, -0.25) is 9.88 Å². The molecule has 4 rings (SSSR count). The van der Waals surface area contributed by atoms with Gasteiger partial charge in [-0.05, 0) is 54.4 Å². The van der Waals surface area contributed by atoms with E-state index in [1.807, 2.05) is 35.2 Å². The molecule has 0 radical (unpaired) electrons. The molecular weight excluding hydrogens is 413 g/mol. The van der Waals surface area contributed by atoms with E-state index in [2.05, 4.69) is 16.0 Å². The molecule has 32 heavy (non-hydrogen) atoms. The van der Waals surface area contributed by atoms with Gasteiger partial charge in [0.25, 0.3) is 0 Å². The second kappa shape index (κ2) is 9.41. The van der Waals surface area contributed by atoms with Gasteiger partial charge in [0.15, 0.2) is 0 Å². The molecule has 0 amide bonds. The first kappa shape index (κ1) is 21.8. The summed E-state index contributed by atoms with van der Waals surface area (Å²) in [7, 11) is 0. The Bertz CT molecular complexity index is 1070. The molecule has 164 valence electrons. The summed E-state index contributed by atoms with van der Waals surface area (Å²) in [6.07, 6.45) is -1.81. The first-order valence-electron chi connectivity index (χ1n) is 10.5. The van der Waals surface area contributed by atoms with Crippen LogP contribution in [-0.4, -0.2) is 29.0 Å². The number of anilines is 1. The summed E-state index contributed by atoms with van der Waals surface area (Å²) in [6, 6.07) is 20.7. The number of rotatable bonds is 6. The Kier molecular flexibility index (Phi) is 6.42. The largest absolute Gasteiger partial charge is 0.416 e. The van der Waals surface area contributed by atoms with Crippen LogP contribution in [0, 0.1) is 11.3 Å². The molecule has 1 saturated heterocycles. The maximum Gasteiger partial charge on any atom is 0.416 e. The van der Waals surface area contributed by atoms with Crippen molar-refractivity contribution in [3.05, 3.63) is 95.3 Å². The molecule has 1 unspecified atom stereocenters. The van der Waals surface area contributed by atoms with Gasteiger partial charge in [0.05, 0.1) is 22.9 Å². The van der Waals surface area contributed by atoms with Crippen molar-refractivity contribution in [2.24, 2.45) is 0 Å². The van der Waals surface area contributed by atoms with E-state index in [0.29, 0.717) is 12.1 Å². The maximum absolute atomic E-state index is 13.6. The highest BCUT2D eigenvalue weighted by Crippen LogP contribution is 2.34. The molecule has 1 aromatic heterocycles. The number of halogens is 3. The van der Waals surface area contributed by atoms with Crippen LogP contribution in [0.3, 0.4) is 0 Å². The van der Waals surface area contributed by atoms with E-state index in [1.165, 1.54) is 6.07 Å². The zero-order chi connectivity index (χ0) is 22.6. The van der Waals surface area contributed by atoms with Crippen LogP contribution >= 0.6 is 0 Å². The van der Waals surface area contributed by atoms with Gasteiger partial charge < -0.3 is 4.90 Å². The molecule has 1 fully saturated rings. The SMILES string of the molecule is N#Cc1ccc(N(Cc2ccccc2C(F)(F)F)C2CCN(Cc3ccccn3)C2)cc1. The van der Waals surface area contributed by atoms with Gasteiger partial charge in [0.1, 0.15) is 0 Å². The molecule has 1 aliphatic heterocycles. The fourth-order valence-electron chi connectivity index (χ4n) is 4.21. The quantitative estimate of drug-likeness (QED) is 0.529. The smallest absolute Gasteiger partial charge is 0.363 e. The van der Waals surface area contributed by atoms with Crippen molar-refractivity contribution in [3.8, 4) is 6.07 Å². The van der Waals surface area contributed by atoms with Crippen molar-refractivity contribution in [1.29, 1.82) is 5.26 Å². The summed E-state index contributed by atoms with van der Waals surface area (Å²) < 4.78 is 40.8. The Hall–Kier alpha value is -3.37. The minimum atomic E-state index is -4.41. The Morgan fingerprint density at radius 2 is 1.78 bits per heavy atom. The predicted octanol–water partition coefficient (Wildman–Crippen LogP) is 5.25. The topological polar surface area (TPSA) is 43.2 Å². The van der Waals surface area contributed by atoms with Crippen LogP contribution in [0.4, 0.5) is 18.9 Å². The number of likely N-dealkylation sites (tertiary alicyclic amines) is 1. The number of benzene rings is 2. The van der Waals surface area contributed by atoms with E-state index in [0.717, 1.165) is 37.0 Å². The van der Waals surface area contributed by atoms with Crippen LogP contribution in [0.1, 0.15) is 28.8 Å². The van der Waals surface area contributed by atoms with E-state index < -0.39 is 11.7 Å². The minimum Gasteiger partial charge on any atom is -0.363 e. The summed E-state index contributed by atoms with van der Waals surface area (Å²) in [5, 5.41) is 9.11. The van der Waals surface area contributed by atoms with Crippen molar-refractivity contribution >= 4 is 5.69 Å². The van der Waals surface area contributed by atoms with Crippen molar-refractivity contribution < 1.29 is 13.2 Å². The van der Waals surface area contributed by atoms with Crippen LogP contribution in [0.25, 0.3) is 0 Å². The molecule has 7 heteroatoms. The first-order chi connectivity index (χ1) is 15.4. The molecule has 4 nitrogen and oxygen atoms in total. The van der Waals surface area contributed by atoms with E-state index in [-0.39, 0.29) is 18.2 Å². The maximum atomic E-state index is 13.6. The number of hydrogen-bond acceptors (Lipinski definition) is 4. The van der Waals surface area contributed by atoms with Gasteiger partial charge in [-0.1, -0.05) is 24.3 Å². The van der Waals surface area contributed by atoms with Gasteiger partial charge >= 0.3 is 6.18 Å². The first-order valence-corrected chi connectivity index (χ1v) is 10.5. The summed E-state index contributed by atoms with van der Waals surface area (Å²) in [5.74, 6) is 0. The highest BCUT2D eigenvalue weighted by atomic mass is 19.4. The molecule has 2 aromatic carbocycles. The third-order valence-electron chi connectivity index (χ3n) is 5.79. The number of alkyl halides is 3. The van der Waals surface area contributed by atoms with Crippen LogP contribution in [-0.2, 0) is 19.3 Å². The van der Waals surface area contributed by atoms with Gasteiger partial charge in [0, 0.05) is 44.1 Å². The second-order valence-electron chi connectivity index (χ2n) is 7.94. The van der Waals surface area contributed by atoms with Gasteiger partial charge in [-0.15, -0.1) is 0 Å². The third kappa shape index (κ3) is 5.09. The normalized spacial score (nSPS) is 16.6. The molecule has 0 saturated carbocycles. The third-order valence-corrected chi connectivity index (χ3v) is 5.79. The standard InChI is InChI=1S/C25H23F3N4/c26-25(27,28)24-7-2-1-5-20(24)16-32(22-10-8-19(15-29)9-11-22)23-12-14-31(18-23)17-21-6-3-4-13-30-21/h1-11,13,23H,12,14,16-18H2. The van der Waals surface area contributed by atoms with Gasteiger partial charge in [-0.25, -0.2) is 0 Å². The summed E-state index contributed by atoms with van der Waals surface area (Å²) >= 11 is 0. The van der Waals surface area contributed by atoms with Crippen LogP contribution in [0.15, 0.2) is 72.9 Å². The van der Waals surface area contributed by atoms with Crippen LogP contribution in [0.5, 0.6) is 0 Å². The van der Waals surface area contributed by atoms with Crippen molar-refractivity contribution in [1.82, 2.24) is 9.88 Å². The molecular formula is C25H23F3N4. The molecule has 1 aliphatic rings. The van der Waals surface area contributed by atoms with Crippen LogP contribution in [0.2, 0.25) is 0 Å². The van der Waals surface area contributed by atoms with E-state index >= 15 is 0 Å². The number of nitrogens with zero attached hydrogens (tertiary/aromatic N) is 4. The average molecular weight is 436 g/mol. The molecule has 0 spiro atoms. The average Bonchev–Trinajstić information content (AvgIpc) is 3.26. The zero-order valence-electron chi connectivity index (χ0n) is 17.5. The van der Waals surface area contributed by atoms with Crippen LogP contribution < -0.4 is 4.90 Å². The fraction of sp³-hybridized carbons (Fsp3) is 0.280. The predicted molar refractivity (Wildman–Crippen MR) is 117 cm³/mol. The molecule has 3 aromatic rings. The lowest BCUT2D eigenvalue weighted by Crippen LogP contribution is -2.37. The number of aromatic nitrogens is 1.